The van der Waals surface area contributed by atoms with Gasteiger partial charge in [0.1, 0.15) is 11.5 Å². The van der Waals surface area contributed by atoms with E-state index in [1.165, 1.54) is 13.2 Å². The van der Waals surface area contributed by atoms with Gasteiger partial charge in [-0.25, -0.2) is 4.21 Å². The van der Waals surface area contributed by atoms with Crippen molar-refractivity contribution < 1.29 is 18.6 Å². The number of phenols is 1. The summed E-state index contributed by atoms with van der Waals surface area (Å²) in [6.07, 6.45) is 0. The van der Waals surface area contributed by atoms with Crippen LogP contribution in [0.25, 0.3) is 11.1 Å². The van der Waals surface area contributed by atoms with Gasteiger partial charge in [-0.1, -0.05) is 12.1 Å². The van der Waals surface area contributed by atoms with Crippen LogP contribution in [0.2, 0.25) is 0 Å². The lowest BCUT2D eigenvalue weighted by molar-refractivity contribution is 0.408. The maximum Gasteiger partial charge on any atom is 0.186 e. The van der Waals surface area contributed by atoms with E-state index in [9.17, 15) is 9.32 Å². The monoisotopic (exact) mass is 264 g/mol. The largest absolute Gasteiger partial charge is 0.507 e. The zero-order valence-electron chi connectivity index (χ0n) is 9.66. The molecule has 0 saturated heterocycles. The van der Waals surface area contributed by atoms with Crippen LogP contribution in [0, 0.1) is 0 Å². The predicted octanol–water partition coefficient (Wildman–Crippen LogP) is 2.65. The molecule has 2 rings (SSSR count). The maximum absolute atomic E-state index is 11.0. The molecule has 4 nitrogen and oxygen atoms in total. The van der Waals surface area contributed by atoms with Gasteiger partial charge in [0.15, 0.2) is 11.1 Å². The van der Waals surface area contributed by atoms with Gasteiger partial charge in [0.25, 0.3) is 0 Å². The quantitative estimate of drug-likeness (QED) is 0.836. The van der Waals surface area contributed by atoms with Crippen molar-refractivity contribution in [2.45, 2.75) is 4.90 Å². The Labute approximate surface area is 107 Å². The van der Waals surface area contributed by atoms with Gasteiger partial charge in [0.2, 0.25) is 0 Å². The van der Waals surface area contributed by atoms with Crippen LogP contribution >= 0.6 is 0 Å². The lowest BCUT2D eigenvalue weighted by Crippen LogP contribution is -1.89. The molecular formula is C13H12O4S. The number of methoxy groups -OCH3 is 1. The van der Waals surface area contributed by atoms with Crippen LogP contribution in [0.4, 0.5) is 0 Å². The van der Waals surface area contributed by atoms with Crippen molar-refractivity contribution in [2.24, 2.45) is 0 Å². The SMILES string of the molecule is COc1ccc(-c2cccc(S(=O)O)c2)c(O)c1. The highest BCUT2D eigenvalue weighted by Gasteiger charge is 2.08. The van der Waals surface area contributed by atoms with Crippen LogP contribution in [0.1, 0.15) is 0 Å². The first-order valence-electron chi connectivity index (χ1n) is 5.20. The molecule has 0 aliphatic heterocycles. The number of hydrogen-bond donors (Lipinski definition) is 2. The minimum absolute atomic E-state index is 0.0650. The summed E-state index contributed by atoms with van der Waals surface area (Å²) in [4.78, 5) is 0.294. The van der Waals surface area contributed by atoms with Gasteiger partial charge >= 0.3 is 0 Å². The number of aromatic hydroxyl groups is 1. The number of benzene rings is 2. The summed E-state index contributed by atoms with van der Waals surface area (Å²) in [7, 11) is 1.52. The second-order valence-corrected chi connectivity index (χ2v) is 4.63. The van der Waals surface area contributed by atoms with Gasteiger partial charge in [-0.2, -0.15) is 0 Å². The normalized spacial score (nSPS) is 12.1. The third-order valence-corrected chi connectivity index (χ3v) is 3.21. The highest BCUT2D eigenvalue weighted by Crippen LogP contribution is 2.32. The predicted molar refractivity (Wildman–Crippen MR) is 69.1 cm³/mol. The Kier molecular flexibility index (Phi) is 3.64. The molecule has 0 aromatic heterocycles. The zero-order valence-corrected chi connectivity index (χ0v) is 10.5. The third kappa shape index (κ3) is 2.52. The van der Waals surface area contributed by atoms with Crippen molar-refractivity contribution in [3.05, 3.63) is 42.5 Å². The van der Waals surface area contributed by atoms with Crippen LogP contribution in [-0.2, 0) is 11.1 Å². The van der Waals surface area contributed by atoms with Crippen LogP contribution < -0.4 is 4.74 Å². The number of ether oxygens (including phenoxy) is 1. The molecule has 2 aromatic carbocycles. The summed E-state index contributed by atoms with van der Waals surface area (Å²) in [5.74, 6) is 0.619. The maximum atomic E-state index is 11.0. The highest BCUT2D eigenvalue weighted by atomic mass is 32.2. The first-order chi connectivity index (χ1) is 8.61. The van der Waals surface area contributed by atoms with E-state index in [-0.39, 0.29) is 5.75 Å². The summed E-state index contributed by atoms with van der Waals surface area (Å²) in [5.41, 5.74) is 1.26. The summed E-state index contributed by atoms with van der Waals surface area (Å²) < 4.78 is 25.0. The van der Waals surface area contributed by atoms with Gasteiger partial charge in [0, 0.05) is 11.6 Å². The van der Waals surface area contributed by atoms with Crippen molar-refractivity contribution >= 4 is 11.1 Å². The number of hydrogen-bond acceptors (Lipinski definition) is 3. The Bertz CT molecular complexity index is 595. The van der Waals surface area contributed by atoms with Crippen molar-refractivity contribution in [2.75, 3.05) is 7.11 Å². The minimum Gasteiger partial charge on any atom is -0.507 e. The Morgan fingerprint density at radius 1 is 1.17 bits per heavy atom. The Balaban J connectivity index is 2.48. The highest BCUT2D eigenvalue weighted by molar-refractivity contribution is 7.79. The van der Waals surface area contributed by atoms with Crippen molar-refractivity contribution in [1.29, 1.82) is 0 Å². The Hall–Kier alpha value is -1.85. The molecule has 5 heteroatoms. The molecule has 1 unspecified atom stereocenters. The van der Waals surface area contributed by atoms with Crippen LogP contribution in [-0.4, -0.2) is 21.0 Å². The van der Waals surface area contributed by atoms with Gasteiger partial charge in [-0.3, -0.25) is 0 Å². The van der Waals surface area contributed by atoms with Gasteiger partial charge in [0.05, 0.1) is 12.0 Å². The first kappa shape index (κ1) is 12.6. The Morgan fingerprint density at radius 3 is 2.56 bits per heavy atom. The summed E-state index contributed by atoms with van der Waals surface area (Å²) in [5, 5.41) is 9.89. The third-order valence-electron chi connectivity index (χ3n) is 2.55. The van der Waals surface area contributed by atoms with Crippen molar-refractivity contribution in [1.82, 2.24) is 0 Å². The molecule has 0 bridgehead atoms. The average Bonchev–Trinajstić information content (AvgIpc) is 2.38. The van der Waals surface area contributed by atoms with Gasteiger partial charge < -0.3 is 14.4 Å². The molecule has 0 amide bonds. The zero-order chi connectivity index (χ0) is 13.1. The second-order valence-electron chi connectivity index (χ2n) is 3.66. The van der Waals surface area contributed by atoms with E-state index in [0.29, 0.717) is 21.8 Å². The molecule has 0 spiro atoms. The van der Waals surface area contributed by atoms with Gasteiger partial charge in [-0.05, 0) is 29.8 Å². The fraction of sp³-hybridized carbons (Fsp3) is 0.0769. The molecule has 0 heterocycles. The molecule has 1 atom stereocenters. The topological polar surface area (TPSA) is 66.8 Å². The van der Waals surface area contributed by atoms with E-state index in [4.69, 9.17) is 9.29 Å². The van der Waals surface area contributed by atoms with E-state index in [2.05, 4.69) is 0 Å². The molecule has 94 valence electrons. The fourth-order valence-corrected chi connectivity index (χ4v) is 2.08. The average molecular weight is 264 g/mol. The molecule has 0 aliphatic carbocycles. The number of rotatable bonds is 3. The lowest BCUT2D eigenvalue weighted by Gasteiger charge is -2.07. The van der Waals surface area contributed by atoms with E-state index < -0.39 is 11.1 Å². The second kappa shape index (κ2) is 5.20. The van der Waals surface area contributed by atoms with Crippen LogP contribution in [0.5, 0.6) is 11.5 Å². The Morgan fingerprint density at radius 2 is 1.94 bits per heavy atom. The molecule has 2 aromatic rings. The molecule has 18 heavy (non-hydrogen) atoms. The summed E-state index contributed by atoms with van der Waals surface area (Å²) in [6.45, 7) is 0. The lowest BCUT2D eigenvalue weighted by atomic mass is 10.0. The molecule has 0 fully saturated rings. The molecular weight excluding hydrogens is 252 g/mol. The smallest absolute Gasteiger partial charge is 0.186 e. The summed E-state index contributed by atoms with van der Waals surface area (Å²) in [6, 6.07) is 11.5. The van der Waals surface area contributed by atoms with E-state index in [1.54, 1.807) is 36.4 Å². The van der Waals surface area contributed by atoms with E-state index in [0.717, 1.165) is 0 Å². The van der Waals surface area contributed by atoms with E-state index in [1.807, 2.05) is 0 Å². The van der Waals surface area contributed by atoms with Crippen LogP contribution in [0.3, 0.4) is 0 Å². The molecule has 0 saturated carbocycles. The molecule has 2 N–H and O–H groups in total. The first-order valence-corrected chi connectivity index (χ1v) is 6.31. The van der Waals surface area contributed by atoms with E-state index >= 15 is 0 Å². The standard InChI is InChI=1S/C13H12O4S/c1-17-10-5-6-12(13(14)8-10)9-3-2-4-11(7-9)18(15)16/h2-8,14H,1H3,(H,15,16). The fourth-order valence-electron chi connectivity index (χ4n) is 1.65. The van der Waals surface area contributed by atoms with Crippen molar-refractivity contribution in [3.8, 4) is 22.6 Å². The summed E-state index contributed by atoms with van der Waals surface area (Å²) >= 11 is -2.03. The van der Waals surface area contributed by atoms with Gasteiger partial charge in [-0.15, -0.1) is 0 Å². The molecule has 0 aliphatic rings. The number of phenolic OH excluding ortho intramolecular Hbond substituents is 1. The van der Waals surface area contributed by atoms with Crippen LogP contribution in [0.15, 0.2) is 47.4 Å². The van der Waals surface area contributed by atoms with Crippen molar-refractivity contribution in [3.63, 3.8) is 0 Å². The molecule has 0 radical (unpaired) electrons. The minimum atomic E-state index is -2.03.